The summed E-state index contributed by atoms with van der Waals surface area (Å²) in [5.41, 5.74) is 6.29. The normalized spacial score (nSPS) is 10.3. The third-order valence-electron chi connectivity index (χ3n) is 2.83. The predicted octanol–water partition coefficient (Wildman–Crippen LogP) is 2.63. The van der Waals surface area contributed by atoms with E-state index in [2.05, 4.69) is 4.98 Å². The lowest BCUT2D eigenvalue weighted by atomic mass is 10.1. The Morgan fingerprint density at radius 1 is 1.35 bits per heavy atom. The summed E-state index contributed by atoms with van der Waals surface area (Å²) in [5, 5.41) is 0. The highest BCUT2D eigenvalue weighted by molar-refractivity contribution is 7.80. The lowest BCUT2D eigenvalue weighted by Crippen LogP contribution is -2.20. The molecule has 0 bridgehead atoms. The zero-order valence-corrected chi connectivity index (χ0v) is 11.6. The van der Waals surface area contributed by atoms with Crippen molar-refractivity contribution >= 4 is 22.9 Å². The van der Waals surface area contributed by atoms with Crippen molar-refractivity contribution in [1.82, 2.24) is 4.98 Å². The lowest BCUT2D eigenvalue weighted by Gasteiger charge is -2.21. The summed E-state index contributed by atoms with van der Waals surface area (Å²) < 4.78 is 28.0. The number of rotatable bonds is 4. The molecule has 0 saturated heterocycles. The zero-order chi connectivity index (χ0) is 14.7. The number of hydrogen-bond acceptors (Lipinski definition) is 3. The fourth-order valence-corrected chi connectivity index (χ4v) is 2.03. The minimum absolute atomic E-state index is 0.0377. The van der Waals surface area contributed by atoms with Crippen molar-refractivity contribution in [1.29, 1.82) is 0 Å². The van der Waals surface area contributed by atoms with E-state index in [0.29, 0.717) is 6.54 Å². The summed E-state index contributed by atoms with van der Waals surface area (Å²) in [5.74, 6) is -1.39. The molecule has 2 aromatic rings. The Kier molecular flexibility index (Phi) is 4.24. The summed E-state index contributed by atoms with van der Waals surface area (Å²) >= 11 is 4.72. The molecule has 1 aromatic heterocycles. The fourth-order valence-electron chi connectivity index (χ4n) is 1.92. The number of nitrogens with two attached hydrogens (primary N) is 1. The van der Waals surface area contributed by atoms with Crippen molar-refractivity contribution in [3.63, 3.8) is 0 Å². The van der Waals surface area contributed by atoms with E-state index in [1.165, 1.54) is 4.90 Å². The van der Waals surface area contributed by atoms with Gasteiger partial charge in [-0.25, -0.2) is 8.78 Å². The Morgan fingerprint density at radius 2 is 2.00 bits per heavy atom. The maximum absolute atomic E-state index is 14.0. The van der Waals surface area contributed by atoms with E-state index in [9.17, 15) is 8.78 Å². The molecule has 0 aliphatic heterocycles. The second kappa shape index (κ2) is 5.92. The molecule has 1 aromatic carbocycles. The van der Waals surface area contributed by atoms with Gasteiger partial charge in [0, 0.05) is 31.5 Å². The van der Waals surface area contributed by atoms with Gasteiger partial charge in [0.2, 0.25) is 0 Å². The molecule has 0 atom stereocenters. The maximum Gasteiger partial charge on any atom is 0.150 e. The van der Waals surface area contributed by atoms with E-state index in [0.717, 1.165) is 17.7 Å². The molecule has 20 heavy (non-hydrogen) atoms. The molecule has 0 radical (unpaired) electrons. The summed E-state index contributed by atoms with van der Waals surface area (Å²) in [6.45, 7) is 0.341. The van der Waals surface area contributed by atoms with Crippen LogP contribution in [0.2, 0.25) is 0 Å². The molecule has 0 spiro atoms. The van der Waals surface area contributed by atoms with E-state index < -0.39 is 11.6 Å². The van der Waals surface area contributed by atoms with Crippen molar-refractivity contribution < 1.29 is 8.78 Å². The van der Waals surface area contributed by atoms with Crippen LogP contribution in [0.25, 0.3) is 0 Å². The number of pyridine rings is 1. The highest BCUT2D eigenvalue weighted by Gasteiger charge is 2.16. The van der Waals surface area contributed by atoms with Crippen LogP contribution in [0.1, 0.15) is 11.1 Å². The van der Waals surface area contributed by atoms with E-state index in [1.807, 2.05) is 6.07 Å². The molecule has 0 aliphatic carbocycles. The molecule has 3 nitrogen and oxygen atoms in total. The molecule has 0 saturated carbocycles. The number of anilines is 1. The highest BCUT2D eigenvalue weighted by atomic mass is 32.1. The van der Waals surface area contributed by atoms with Gasteiger partial charge in [-0.05, 0) is 23.8 Å². The van der Waals surface area contributed by atoms with E-state index in [-0.39, 0.29) is 16.2 Å². The first-order valence-electron chi connectivity index (χ1n) is 5.88. The second-order valence-corrected chi connectivity index (χ2v) is 4.81. The van der Waals surface area contributed by atoms with Gasteiger partial charge >= 0.3 is 0 Å². The van der Waals surface area contributed by atoms with Gasteiger partial charge in [0.25, 0.3) is 0 Å². The van der Waals surface area contributed by atoms with Crippen LogP contribution in [-0.4, -0.2) is 17.0 Å². The first-order chi connectivity index (χ1) is 9.49. The van der Waals surface area contributed by atoms with E-state index in [4.69, 9.17) is 18.0 Å². The zero-order valence-electron chi connectivity index (χ0n) is 10.8. The summed E-state index contributed by atoms with van der Waals surface area (Å²) in [4.78, 5) is 5.41. The molecule has 0 aliphatic rings. The van der Waals surface area contributed by atoms with Crippen LogP contribution in [0.3, 0.4) is 0 Å². The molecule has 0 unspecified atom stereocenters. The van der Waals surface area contributed by atoms with Crippen LogP contribution < -0.4 is 10.6 Å². The first kappa shape index (κ1) is 14.3. The van der Waals surface area contributed by atoms with Crippen LogP contribution in [0.5, 0.6) is 0 Å². The maximum atomic E-state index is 14.0. The van der Waals surface area contributed by atoms with Crippen molar-refractivity contribution in [2.45, 2.75) is 6.54 Å². The third kappa shape index (κ3) is 3.08. The van der Waals surface area contributed by atoms with E-state index in [1.54, 1.807) is 25.5 Å². The molecule has 2 N–H and O–H groups in total. The van der Waals surface area contributed by atoms with Gasteiger partial charge in [-0.2, -0.15) is 0 Å². The Balaban J connectivity index is 2.30. The Labute approximate surface area is 121 Å². The van der Waals surface area contributed by atoms with Gasteiger partial charge in [-0.3, -0.25) is 4.98 Å². The molecule has 0 fully saturated rings. The van der Waals surface area contributed by atoms with Gasteiger partial charge in [0.05, 0.1) is 0 Å². The average molecular weight is 293 g/mol. The average Bonchev–Trinajstić information content (AvgIpc) is 2.38. The lowest BCUT2D eigenvalue weighted by molar-refractivity contribution is 0.576. The van der Waals surface area contributed by atoms with Crippen molar-refractivity contribution in [3.8, 4) is 0 Å². The molecule has 2 rings (SSSR count). The second-order valence-electron chi connectivity index (χ2n) is 4.37. The van der Waals surface area contributed by atoms with Crippen molar-refractivity contribution in [2.24, 2.45) is 5.73 Å². The standard InChI is InChI=1S/C14H13F2N3S/c1-19(8-9-3-2-4-18-7-9)13-11(15)5-10(14(17)20)6-12(13)16/h2-7H,8H2,1H3,(H2,17,20). The number of nitrogens with zero attached hydrogens (tertiary/aromatic N) is 2. The molecular weight excluding hydrogens is 280 g/mol. The van der Waals surface area contributed by atoms with Crippen LogP contribution in [0.15, 0.2) is 36.7 Å². The van der Waals surface area contributed by atoms with E-state index >= 15 is 0 Å². The monoisotopic (exact) mass is 293 g/mol. The van der Waals surface area contributed by atoms with Crippen molar-refractivity contribution in [3.05, 3.63) is 59.4 Å². The number of thiocarbonyl (C=S) groups is 1. The quantitative estimate of drug-likeness (QED) is 0.880. The number of halogens is 2. The van der Waals surface area contributed by atoms with Crippen LogP contribution in [0, 0.1) is 11.6 Å². The Hall–Kier alpha value is -2.08. The molecule has 1 heterocycles. The van der Waals surface area contributed by atoms with Crippen LogP contribution in [-0.2, 0) is 6.54 Å². The summed E-state index contributed by atoms with van der Waals surface area (Å²) in [7, 11) is 1.61. The summed E-state index contributed by atoms with van der Waals surface area (Å²) in [6, 6.07) is 5.88. The first-order valence-corrected chi connectivity index (χ1v) is 6.28. The minimum atomic E-state index is -0.695. The van der Waals surface area contributed by atoms with Gasteiger partial charge in [-0.1, -0.05) is 18.3 Å². The van der Waals surface area contributed by atoms with Gasteiger partial charge in [0.15, 0.2) is 0 Å². The fraction of sp³-hybridized carbons (Fsp3) is 0.143. The smallest absolute Gasteiger partial charge is 0.150 e. The van der Waals surface area contributed by atoms with Crippen molar-refractivity contribution in [2.75, 3.05) is 11.9 Å². The predicted molar refractivity (Wildman–Crippen MR) is 78.6 cm³/mol. The largest absolute Gasteiger partial charge is 0.389 e. The SMILES string of the molecule is CN(Cc1cccnc1)c1c(F)cc(C(N)=S)cc1F. The topological polar surface area (TPSA) is 42.2 Å². The minimum Gasteiger partial charge on any atom is -0.389 e. The Morgan fingerprint density at radius 3 is 2.50 bits per heavy atom. The Bertz CT molecular complexity index is 609. The third-order valence-corrected chi connectivity index (χ3v) is 3.06. The molecule has 6 heteroatoms. The van der Waals surface area contributed by atoms with Gasteiger partial charge < -0.3 is 10.6 Å². The molecule has 0 amide bonds. The number of hydrogen-bond donors (Lipinski definition) is 1. The highest BCUT2D eigenvalue weighted by Crippen LogP contribution is 2.25. The molecular formula is C14H13F2N3S. The van der Waals surface area contributed by atoms with Crippen LogP contribution in [0.4, 0.5) is 14.5 Å². The van der Waals surface area contributed by atoms with Crippen LogP contribution >= 0.6 is 12.2 Å². The summed E-state index contributed by atoms with van der Waals surface area (Å²) in [6.07, 6.45) is 3.29. The number of aromatic nitrogens is 1. The van der Waals surface area contributed by atoms with Gasteiger partial charge in [0.1, 0.15) is 22.3 Å². The molecule has 104 valence electrons. The number of benzene rings is 1. The van der Waals surface area contributed by atoms with Gasteiger partial charge in [-0.15, -0.1) is 0 Å².